The lowest BCUT2D eigenvalue weighted by atomic mass is 9.98. The molecule has 0 spiro atoms. The van der Waals surface area contributed by atoms with Gasteiger partial charge in [0.2, 0.25) is 0 Å². The van der Waals surface area contributed by atoms with Crippen LogP contribution in [0.4, 0.5) is 4.79 Å². The Kier molecular flexibility index (Phi) is 7.17. The van der Waals surface area contributed by atoms with E-state index in [1.165, 1.54) is 0 Å². The van der Waals surface area contributed by atoms with Crippen LogP contribution < -0.4 is 10.5 Å². The number of aromatic nitrogens is 1. The van der Waals surface area contributed by atoms with Crippen molar-refractivity contribution >= 4 is 17.4 Å². The van der Waals surface area contributed by atoms with Crippen molar-refractivity contribution in [1.82, 2.24) is 9.88 Å². The number of benzene rings is 2. The van der Waals surface area contributed by atoms with E-state index in [4.69, 9.17) is 15.2 Å². The second-order valence-corrected chi connectivity index (χ2v) is 8.76. The first-order valence-electron chi connectivity index (χ1n) is 10.5. The number of nitrogens with two attached hydrogens (primary N) is 1. The molecule has 1 aliphatic heterocycles. The van der Waals surface area contributed by atoms with Gasteiger partial charge in [0.15, 0.2) is 0 Å². The SMILES string of the molecule is NCc1cnc(-c2ccc(OCC3CCN(C(=O)OCc4ccccc4)CC3)cc2)s1. The molecule has 7 heteroatoms. The van der Waals surface area contributed by atoms with Crippen LogP contribution in [0.2, 0.25) is 0 Å². The summed E-state index contributed by atoms with van der Waals surface area (Å²) in [5.41, 5.74) is 7.73. The highest BCUT2D eigenvalue weighted by Crippen LogP contribution is 2.27. The Balaban J connectivity index is 1.19. The number of carbonyl (C=O) groups excluding carboxylic acids is 1. The normalized spacial score (nSPS) is 14.4. The van der Waals surface area contributed by atoms with Gasteiger partial charge in [0.05, 0.1) is 6.61 Å². The van der Waals surface area contributed by atoms with Crippen LogP contribution in [0.1, 0.15) is 23.3 Å². The average Bonchev–Trinajstić information content (AvgIpc) is 3.32. The molecule has 0 aliphatic carbocycles. The molecule has 1 aromatic heterocycles. The third kappa shape index (κ3) is 5.83. The lowest BCUT2D eigenvalue weighted by Gasteiger charge is -2.31. The number of thiazole rings is 1. The smallest absolute Gasteiger partial charge is 0.410 e. The summed E-state index contributed by atoms with van der Waals surface area (Å²) in [5.74, 6) is 1.29. The summed E-state index contributed by atoms with van der Waals surface area (Å²) in [6.07, 6.45) is 3.42. The number of hydrogen-bond donors (Lipinski definition) is 1. The molecule has 1 amide bonds. The zero-order chi connectivity index (χ0) is 21.5. The topological polar surface area (TPSA) is 77.7 Å². The molecule has 0 radical (unpaired) electrons. The molecule has 0 bridgehead atoms. The molecule has 0 atom stereocenters. The molecule has 0 unspecified atom stereocenters. The maximum atomic E-state index is 12.3. The molecule has 162 valence electrons. The summed E-state index contributed by atoms with van der Waals surface area (Å²) in [4.78, 5) is 19.6. The molecular weight excluding hydrogens is 410 g/mol. The fourth-order valence-electron chi connectivity index (χ4n) is 3.54. The Morgan fingerprint density at radius 3 is 2.52 bits per heavy atom. The third-order valence-corrected chi connectivity index (χ3v) is 6.49. The van der Waals surface area contributed by atoms with E-state index in [-0.39, 0.29) is 6.09 Å². The van der Waals surface area contributed by atoms with Gasteiger partial charge in [-0.3, -0.25) is 0 Å². The van der Waals surface area contributed by atoms with Crippen LogP contribution in [0.3, 0.4) is 0 Å². The standard InChI is InChI=1S/C24H27N3O3S/c25-14-22-15-26-23(31-22)20-6-8-21(9-7-20)29-16-19-10-12-27(13-11-19)24(28)30-17-18-4-2-1-3-5-18/h1-9,15,19H,10-14,16-17,25H2. The first-order chi connectivity index (χ1) is 15.2. The zero-order valence-corrected chi connectivity index (χ0v) is 18.2. The fraction of sp³-hybridized carbons (Fsp3) is 0.333. The second kappa shape index (κ2) is 10.4. The van der Waals surface area contributed by atoms with Crippen molar-refractivity contribution in [2.45, 2.75) is 26.0 Å². The maximum Gasteiger partial charge on any atom is 0.410 e. The third-order valence-electron chi connectivity index (χ3n) is 5.42. The van der Waals surface area contributed by atoms with E-state index in [1.54, 1.807) is 16.2 Å². The molecule has 31 heavy (non-hydrogen) atoms. The van der Waals surface area contributed by atoms with E-state index < -0.39 is 0 Å². The molecule has 3 aromatic rings. The lowest BCUT2D eigenvalue weighted by molar-refractivity contribution is 0.0761. The summed E-state index contributed by atoms with van der Waals surface area (Å²) in [6, 6.07) is 17.8. The van der Waals surface area contributed by atoms with Crippen molar-refractivity contribution < 1.29 is 14.3 Å². The second-order valence-electron chi connectivity index (χ2n) is 7.64. The highest BCUT2D eigenvalue weighted by Gasteiger charge is 2.24. The van der Waals surface area contributed by atoms with Crippen molar-refractivity contribution in [1.29, 1.82) is 0 Å². The first-order valence-corrected chi connectivity index (χ1v) is 11.4. The van der Waals surface area contributed by atoms with Crippen LogP contribution in [0.15, 0.2) is 60.8 Å². The van der Waals surface area contributed by atoms with E-state index in [0.717, 1.165) is 39.6 Å². The van der Waals surface area contributed by atoms with Gasteiger partial charge in [-0.15, -0.1) is 11.3 Å². The van der Waals surface area contributed by atoms with Crippen LogP contribution in [0.25, 0.3) is 10.6 Å². The zero-order valence-electron chi connectivity index (χ0n) is 17.4. The number of ether oxygens (including phenoxy) is 2. The fourth-order valence-corrected chi connectivity index (χ4v) is 4.33. The highest BCUT2D eigenvalue weighted by atomic mass is 32.1. The number of amides is 1. The maximum absolute atomic E-state index is 12.3. The molecule has 1 saturated heterocycles. The number of hydrogen-bond acceptors (Lipinski definition) is 6. The average molecular weight is 438 g/mol. The Morgan fingerprint density at radius 1 is 1.10 bits per heavy atom. The Bertz CT molecular complexity index is 967. The minimum absolute atomic E-state index is 0.237. The molecule has 2 N–H and O–H groups in total. The van der Waals surface area contributed by atoms with Crippen LogP contribution in [0, 0.1) is 5.92 Å². The number of nitrogens with zero attached hydrogens (tertiary/aromatic N) is 2. The summed E-state index contributed by atoms with van der Waals surface area (Å²) in [6.45, 7) is 2.89. The highest BCUT2D eigenvalue weighted by molar-refractivity contribution is 7.15. The molecule has 2 heterocycles. The van der Waals surface area contributed by atoms with Gasteiger partial charge in [0.1, 0.15) is 17.4 Å². The van der Waals surface area contributed by atoms with Gasteiger partial charge in [-0.05, 0) is 48.6 Å². The monoisotopic (exact) mass is 437 g/mol. The molecule has 1 fully saturated rings. The predicted molar refractivity (Wildman–Crippen MR) is 122 cm³/mol. The summed E-state index contributed by atoms with van der Waals surface area (Å²) in [7, 11) is 0. The van der Waals surface area contributed by atoms with Gasteiger partial charge in [-0.2, -0.15) is 0 Å². The minimum Gasteiger partial charge on any atom is -0.493 e. The largest absolute Gasteiger partial charge is 0.493 e. The number of carbonyl (C=O) groups is 1. The Labute approximate surface area is 186 Å². The molecular formula is C24H27N3O3S. The van der Waals surface area contributed by atoms with Crippen molar-refractivity contribution in [2.24, 2.45) is 11.7 Å². The van der Waals surface area contributed by atoms with E-state index in [0.29, 0.717) is 38.8 Å². The van der Waals surface area contributed by atoms with Gasteiger partial charge in [-0.1, -0.05) is 30.3 Å². The Hall–Kier alpha value is -2.90. The summed E-state index contributed by atoms with van der Waals surface area (Å²) in [5, 5.41) is 0.971. The van der Waals surface area contributed by atoms with E-state index >= 15 is 0 Å². The quantitative estimate of drug-likeness (QED) is 0.580. The number of rotatable bonds is 7. The van der Waals surface area contributed by atoms with Gasteiger partial charge in [0, 0.05) is 36.3 Å². The molecule has 6 nitrogen and oxygen atoms in total. The number of piperidine rings is 1. The van der Waals surface area contributed by atoms with Crippen LogP contribution in [-0.2, 0) is 17.9 Å². The molecule has 2 aromatic carbocycles. The van der Waals surface area contributed by atoms with E-state index in [9.17, 15) is 4.79 Å². The van der Waals surface area contributed by atoms with E-state index in [2.05, 4.69) is 4.98 Å². The Morgan fingerprint density at radius 2 is 1.84 bits per heavy atom. The summed E-state index contributed by atoms with van der Waals surface area (Å²) < 4.78 is 11.4. The van der Waals surface area contributed by atoms with Crippen LogP contribution >= 0.6 is 11.3 Å². The van der Waals surface area contributed by atoms with E-state index in [1.807, 2.05) is 60.8 Å². The van der Waals surface area contributed by atoms with Crippen molar-refractivity contribution in [3.8, 4) is 16.3 Å². The minimum atomic E-state index is -0.237. The van der Waals surface area contributed by atoms with Crippen molar-refractivity contribution in [2.75, 3.05) is 19.7 Å². The summed E-state index contributed by atoms with van der Waals surface area (Å²) >= 11 is 1.61. The van der Waals surface area contributed by atoms with Gasteiger partial charge in [0.25, 0.3) is 0 Å². The van der Waals surface area contributed by atoms with Crippen LogP contribution in [0.5, 0.6) is 5.75 Å². The lowest BCUT2D eigenvalue weighted by Crippen LogP contribution is -2.39. The van der Waals surface area contributed by atoms with Gasteiger partial charge >= 0.3 is 6.09 Å². The van der Waals surface area contributed by atoms with Crippen molar-refractivity contribution in [3.05, 3.63) is 71.2 Å². The molecule has 4 rings (SSSR count). The molecule has 1 aliphatic rings. The molecule has 0 saturated carbocycles. The van der Waals surface area contributed by atoms with Gasteiger partial charge in [-0.25, -0.2) is 9.78 Å². The van der Waals surface area contributed by atoms with Crippen LogP contribution in [-0.4, -0.2) is 35.7 Å². The predicted octanol–water partition coefficient (Wildman–Crippen LogP) is 4.70. The number of likely N-dealkylation sites (tertiary alicyclic amines) is 1. The first kappa shape index (κ1) is 21.3. The van der Waals surface area contributed by atoms with Gasteiger partial charge < -0.3 is 20.1 Å². The van der Waals surface area contributed by atoms with Crippen molar-refractivity contribution in [3.63, 3.8) is 0 Å².